The highest BCUT2D eigenvalue weighted by molar-refractivity contribution is 6.42. The van der Waals surface area contributed by atoms with Crippen LogP contribution >= 0.6 is 23.2 Å². The van der Waals surface area contributed by atoms with Crippen LogP contribution in [0.25, 0.3) is 0 Å². The Bertz CT molecular complexity index is 444. The van der Waals surface area contributed by atoms with Crippen LogP contribution < -0.4 is 5.32 Å². The van der Waals surface area contributed by atoms with Crippen molar-refractivity contribution in [1.82, 2.24) is 5.32 Å². The average molecular weight is 274 g/mol. The molecule has 0 saturated carbocycles. The van der Waals surface area contributed by atoms with E-state index in [1.165, 1.54) is 0 Å². The fraction of sp³-hybridized carbons (Fsp3) is 0.417. The molecule has 17 heavy (non-hydrogen) atoms. The maximum atomic E-state index is 11.6. The maximum absolute atomic E-state index is 11.6. The smallest absolute Gasteiger partial charge is 0.224 e. The summed E-state index contributed by atoms with van der Waals surface area (Å²) in [5.74, 6) is -0.0416. The zero-order valence-electron chi connectivity index (χ0n) is 9.43. The zero-order chi connectivity index (χ0) is 12.5. The Kier molecular flexibility index (Phi) is 3.61. The first-order valence-electron chi connectivity index (χ1n) is 5.33. The van der Waals surface area contributed by atoms with E-state index in [0.717, 1.165) is 5.56 Å². The molecule has 0 spiro atoms. The summed E-state index contributed by atoms with van der Waals surface area (Å²) < 4.78 is 5.18. The van der Waals surface area contributed by atoms with E-state index >= 15 is 0 Å². The van der Waals surface area contributed by atoms with Crippen molar-refractivity contribution in [2.24, 2.45) is 0 Å². The maximum Gasteiger partial charge on any atom is 0.224 e. The van der Waals surface area contributed by atoms with Gasteiger partial charge in [-0.3, -0.25) is 4.79 Å². The lowest BCUT2D eigenvalue weighted by atomic mass is 10.1. The van der Waals surface area contributed by atoms with Gasteiger partial charge in [0.25, 0.3) is 0 Å². The van der Waals surface area contributed by atoms with Crippen LogP contribution in [0, 0.1) is 0 Å². The van der Waals surface area contributed by atoms with Gasteiger partial charge in [0.1, 0.15) is 5.60 Å². The lowest BCUT2D eigenvalue weighted by Crippen LogP contribution is -2.33. The van der Waals surface area contributed by atoms with Gasteiger partial charge < -0.3 is 10.1 Å². The number of nitrogens with one attached hydrogen (secondary N) is 1. The molecule has 1 aliphatic heterocycles. The molecule has 2 rings (SSSR count). The van der Waals surface area contributed by atoms with Crippen molar-refractivity contribution < 1.29 is 9.53 Å². The molecular formula is C12H13Cl2NO2. The fourth-order valence-corrected chi connectivity index (χ4v) is 1.73. The van der Waals surface area contributed by atoms with Crippen molar-refractivity contribution in [3.05, 3.63) is 33.8 Å². The van der Waals surface area contributed by atoms with Gasteiger partial charge in [-0.05, 0) is 24.6 Å². The van der Waals surface area contributed by atoms with Gasteiger partial charge in [0, 0.05) is 6.54 Å². The van der Waals surface area contributed by atoms with E-state index in [2.05, 4.69) is 5.32 Å². The lowest BCUT2D eigenvalue weighted by Gasteiger charge is -2.08. The second-order valence-corrected chi connectivity index (χ2v) is 5.25. The summed E-state index contributed by atoms with van der Waals surface area (Å²) in [5, 5.41) is 3.79. The van der Waals surface area contributed by atoms with Gasteiger partial charge in [-0.2, -0.15) is 0 Å². The molecule has 5 heteroatoms. The monoisotopic (exact) mass is 273 g/mol. The molecule has 1 amide bonds. The molecule has 1 N–H and O–H groups in total. The Morgan fingerprint density at radius 1 is 1.47 bits per heavy atom. The van der Waals surface area contributed by atoms with Gasteiger partial charge in [0.05, 0.1) is 23.1 Å². The first-order chi connectivity index (χ1) is 7.98. The summed E-state index contributed by atoms with van der Waals surface area (Å²) in [6.07, 6.45) is 0.299. The predicted octanol–water partition coefficient (Wildman–Crippen LogP) is 2.44. The van der Waals surface area contributed by atoms with Crippen molar-refractivity contribution >= 4 is 29.1 Å². The van der Waals surface area contributed by atoms with E-state index in [4.69, 9.17) is 27.9 Å². The Morgan fingerprint density at radius 2 is 2.18 bits per heavy atom. The SMILES string of the molecule is CC1(CNC(=O)Cc2ccc(Cl)c(Cl)c2)CO1. The number of ether oxygens (including phenoxy) is 1. The number of hydrogen-bond acceptors (Lipinski definition) is 2. The minimum atomic E-state index is -0.159. The van der Waals surface area contributed by atoms with Crippen LogP contribution in [0.5, 0.6) is 0 Å². The van der Waals surface area contributed by atoms with Crippen LogP contribution in [0.15, 0.2) is 18.2 Å². The topological polar surface area (TPSA) is 41.6 Å². The third-order valence-electron chi connectivity index (χ3n) is 2.65. The van der Waals surface area contributed by atoms with Gasteiger partial charge in [-0.25, -0.2) is 0 Å². The molecule has 1 aliphatic rings. The third-order valence-corrected chi connectivity index (χ3v) is 3.38. The summed E-state index contributed by atoms with van der Waals surface area (Å²) in [7, 11) is 0. The minimum Gasteiger partial charge on any atom is -0.368 e. The molecule has 1 fully saturated rings. The first-order valence-corrected chi connectivity index (χ1v) is 6.09. The molecule has 0 aromatic heterocycles. The van der Waals surface area contributed by atoms with Crippen molar-refractivity contribution in [1.29, 1.82) is 0 Å². The zero-order valence-corrected chi connectivity index (χ0v) is 10.9. The molecule has 0 bridgehead atoms. The summed E-state index contributed by atoms with van der Waals surface area (Å²) in [6.45, 7) is 3.22. The third kappa shape index (κ3) is 3.60. The van der Waals surface area contributed by atoms with Crippen LogP contribution in [0.3, 0.4) is 0 Å². The quantitative estimate of drug-likeness (QED) is 0.857. The van der Waals surface area contributed by atoms with E-state index in [1.54, 1.807) is 18.2 Å². The van der Waals surface area contributed by atoms with Gasteiger partial charge in [-0.1, -0.05) is 29.3 Å². The van der Waals surface area contributed by atoms with Crippen molar-refractivity contribution in [3.8, 4) is 0 Å². The molecule has 1 aromatic carbocycles. The summed E-state index contributed by atoms with van der Waals surface area (Å²) in [6, 6.07) is 5.19. The largest absolute Gasteiger partial charge is 0.368 e. The number of hydrogen-bond donors (Lipinski definition) is 1. The Morgan fingerprint density at radius 3 is 2.76 bits per heavy atom. The van der Waals surface area contributed by atoms with E-state index in [0.29, 0.717) is 29.6 Å². The number of carbonyl (C=O) groups excluding carboxylic acids is 1. The number of carbonyl (C=O) groups is 1. The lowest BCUT2D eigenvalue weighted by molar-refractivity contribution is -0.120. The molecule has 0 radical (unpaired) electrons. The Hall–Kier alpha value is -0.770. The standard InChI is InChI=1S/C12H13Cl2NO2/c1-12(7-17-12)6-15-11(16)5-8-2-3-9(13)10(14)4-8/h2-4H,5-7H2,1H3,(H,15,16). The van der Waals surface area contributed by atoms with Crippen LogP contribution in [0.2, 0.25) is 10.0 Å². The average Bonchev–Trinajstić information content (AvgIpc) is 3.00. The Labute approximate surface area is 110 Å². The summed E-state index contributed by atoms with van der Waals surface area (Å²) in [4.78, 5) is 11.6. The highest BCUT2D eigenvalue weighted by Crippen LogP contribution is 2.25. The second-order valence-electron chi connectivity index (χ2n) is 4.44. The molecular weight excluding hydrogens is 261 g/mol. The van der Waals surface area contributed by atoms with Gasteiger partial charge >= 0.3 is 0 Å². The number of halogens is 2. The molecule has 92 valence electrons. The van der Waals surface area contributed by atoms with Crippen LogP contribution in [0.1, 0.15) is 12.5 Å². The van der Waals surface area contributed by atoms with E-state index in [-0.39, 0.29) is 11.5 Å². The highest BCUT2D eigenvalue weighted by atomic mass is 35.5. The Balaban J connectivity index is 1.86. The predicted molar refractivity (Wildman–Crippen MR) is 67.5 cm³/mol. The molecule has 1 unspecified atom stereocenters. The van der Waals surface area contributed by atoms with E-state index in [9.17, 15) is 4.79 Å². The van der Waals surface area contributed by atoms with E-state index in [1.807, 2.05) is 6.92 Å². The number of rotatable bonds is 4. The highest BCUT2D eigenvalue weighted by Gasteiger charge is 2.39. The van der Waals surface area contributed by atoms with Crippen LogP contribution in [-0.4, -0.2) is 24.7 Å². The normalized spacial score (nSPS) is 22.3. The summed E-state index contributed by atoms with van der Waals surface area (Å²) >= 11 is 11.7. The molecule has 1 saturated heterocycles. The number of benzene rings is 1. The van der Waals surface area contributed by atoms with Gasteiger partial charge in [-0.15, -0.1) is 0 Å². The van der Waals surface area contributed by atoms with Crippen LogP contribution in [0.4, 0.5) is 0 Å². The number of amides is 1. The molecule has 1 aromatic rings. The molecule has 1 atom stereocenters. The van der Waals surface area contributed by atoms with Crippen molar-refractivity contribution in [2.75, 3.05) is 13.2 Å². The van der Waals surface area contributed by atoms with Crippen molar-refractivity contribution in [2.45, 2.75) is 18.9 Å². The second kappa shape index (κ2) is 4.84. The van der Waals surface area contributed by atoms with Gasteiger partial charge in [0.2, 0.25) is 5.91 Å². The van der Waals surface area contributed by atoms with Gasteiger partial charge in [0.15, 0.2) is 0 Å². The van der Waals surface area contributed by atoms with Crippen LogP contribution in [-0.2, 0) is 16.0 Å². The van der Waals surface area contributed by atoms with Crippen molar-refractivity contribution in [3.63, 3.8) is 0 Å². The molecule has 1 heterocycles. The molecule has 0 aliphatic carbocycles. The summed E-state index contributed by atoms with van der Waals surface area (Å²) in [5.41, 5.74) is 0.687. The fourth-order valence-electron chi connectivity index (χ4n) is 1.41. The van der Waals surface area contributed by atoms with E-state index < -0.39 is 0 Å². The minimum absolute atomic E-state index is 0.0416. The number of epoxide rings is 1. The molecule has 3 nitrogen and oxygen atoms in total. The first kappa shape index (κ1) is 12.7.